The van der Waals surface area contributed by atoms with Crippen LogP contribution in [0.2, 0.25) is 0 Å². The summed E-state index contributed by atoms with van der Waals surface area (Å²) in [6.07, 6.45) is 1.21. The molecule has 0 bridgehead atoms. The number of benzene rings is 1. The van der Waals surface area contributed by atoms with E-state index in [1.54, 1.807) is 7.11 Å². The SMILES string of the molecule is CCC1CN(c2ccccc2CNCCOC)CCN1C. The van der Waals surface area contributed by atoms with Crippen LogP contribution in [0, 0.1) is 0 Å². The van der Waals surface area contributed by atoms with Crippen LogP contribution in [0.4, 0.5) is 5.69 Å². The number of piperazine rings is 1. The van der Waals surface area contributed by atoms with E-state index in [-0.39, 0.29) is 0 Å². The van der Waals surface area contributed by atoms with Crippen molar-refractivity contribution in [3.8, 4) is 0 Å². The lowest BCUT2D eigenvalue weighted by Gasteiger charge is -2.41. The van der Waals surface area contributed by atoms with Gasteiger partial charge in [-0.25, -0.2) is 0 Å². The van der Waals surface area contributed by atoms with Crippen LogP contribution in [0.5, 0.6) is 0 Å². The molecule has 1 saturated heterocycles. The minimum Gasteiger partial charge on any atom is -0.383 e. The number of nitrogens with one attached hydrogen (secondary N) is 1. The van der Waals surface area contributed by atoms with E-state index in [0.717, 1.165) is 39.3 Å². The summed E-state index contributed by atoms with van der Waals surface area (Å²) in [5.41, 5.74) is 2.77. The molecule has 0 aliphatic carbocycles. The molecule has 1 N–H and O–H groups in total. The van der Waals surface area contributed by atoms with Crippen LogP contribution in [0.3, 0.4) is 0 Å². The Morgan fingerprint density at radius 1 is 1.29 bits per heavy atom. The van der Waals surface area contributed by atoms with Gasteiger partial charge < -0.3 is 15.0 Å². The van der Waals surface area contributed by atoms with Gasteiger partial charge in [-0.15, -0.1) is 0 Å². The monoisotopic (exact) mass is 291 g/mol. The Morgan fingerprint density at radius 2 is 2.10 bits per heavy atom. The quantitative estimate of drug-likeness (QED) is 0.777. The molecule has 4 nitrogen and oxygen atoms in total. The van der Waals surface area contributed by atoms with Gasteiger partial charge in [-0.05, 0) is 25.1 Å². The summed E-state index contributed by atoms with van der Waals surface area (Å²) < 4.78 is 5.09. The van der Waals surface area contributed by atoms with Crippen LogP contribution in [-0.4, -0.2) is 57.9 Å². The van der Waals surface area contributed by atoms with Crippen molar-refractivity contribution in [3.05, 3.63) is 29.8 Å². The summed E-state index contributed by atoms with van der Waals surface area (Å²) in [7, 11) is 3.98. The predicted molar refractivity (Wildman–Crippen MR) is 88.9 cm³/mol. The smallest absolute Gasteiger partial charge is 0.0587 e. The molecular weight excluding hydrogens is 262 g/mol. The Bertz CT molecular complexity index is 424. The lowest BCUT2D eigenvalue weighted by molar-refractivity contribution is 0.199. The van der Waals surface area contributed by atoms with E-state index in [4.69, 9.17) is 4.74 Å². The molecule has 1 atom stereocenters. The van der Waals surface area contributed by atoms with Gasteiger partial charge in [-0.1, -0.05) is 25.1 Å². The zero-order valence-corrected chi connectivity index (χ0v) is 13.6. The summed E-state index contributed by atoms with van der Waals surface area (Å²) in [6, 6.07) is 9.42. The van der Waals surface area contributed by atoms with Crippen molar-refractivity contribution in [1.82, 2.24) is 10.2 Å². The van der Waals surface area contributed by atoms with E-state index in [2.05, 4.69) is 53.4 Å². The molecule has 1 fully saturated rings. The molecule has 0 radical (unpaired) electrons. The minimum absolute atomic E-state index is 0.660. The Labute approximate surface area is 129 Å². The van der Waals surface area contributed by atoms with E-state index >= 15 is 0 Å². The predicted octanol–water partition coefficient (Wildman–Crippen LogP) is 1.95. The fourth-order valence-corrected chi connectivity index (χ4v) is 2.97. The average Bonchev–Trinajstić information content (AvgIpc) is 2.52. The molecule has 1 unspecified atom stereocenters. The van der Waals surface area contributed by atoms with E-state index in [0.29, 0.717) is 6.04 Å². The number of methoxy groups -OCH3 is 1. The first kappa shape index (κ1) is 16.3. The Hall–Kier alpha value is -1.10. The third kappa shape index (κ3) is 4.43. The van der Waals surface area contributed by atoms with Crippen molar-refractivity contribution in [2.24, 2.45) is 0 Å². The third-order valence-corrected chi connectivity index (χ3v) is 4.38. The van der Waals surface area contributed by atoms with Gasteiger partial charge in [0.2, 0.25) is 0 Å². The van der Waals surface area contributed by atoms with Crippen LogP contribution in [-0.2, 0) is 11.3 Å². The number of rotatable bonds is 7. The van der Waals surface area contributed by atoms with E-state index in [1.807, 2.05) is 0 Å². The lowest BCUT2D eigenvalue weighted by Crippen LogP contribution is -2.51. The highest BCUT2D eigenvalue weighted by atomic mass is 16.5. The average molecular weight is 291 g/mol. The number of anilines is 1. The summed E-state index contributed by atoms with van der Waals surface area (Å²) in [5.74, 6) is 0. The molecule has 1 aliphatic rings. The van der Waals surface area contributed by atoms with Crippen LogP contribution in [0.15, 0.2) is 24.3 Å². The molecule has 1 aromatic carbocycles. The first-order valence-corrected chi connectivity index (χ1v) is 7.99. The molecule has 0 amide bonds. The van der Waals surface area contributed by atoms with Gasteiger partial charge in [0.15, 0.2) is 0 Å². The highest BCUT2D eigenvalue weighted by molar-refractivity contribution is 5.54. The molecule has 1 aliphatic heterocycles. The van der Waals surface area contributed by atoms with Crippen molar-refractivity contribution in [2.45, 2.75) is 25.9 Å². The highest BCUT2D eigenvalue weighted by Gasteiger charge is 2.23. The number of hydrogen-bond acceptors (Lipinski definition) is 4. The normalized spacial score (nSPS) is 20.0. The molecule has 1 heterocycles. The van der Waals surface area contributed by atoms with Crippen LogP contribution >= 0.6 is 0 Å². The topological polar surface area (TPSA) is 27.7 Å². The number of ether oxygens (including phenoxy) is 1. The number of nitrogens with zero attached hydrogens (tertiary/aromatic N) is 2. The van der Waals surface area contributed by atoms with Gasteiger partial charge in [-0.2, -0.15) is 0 Å². The van der Waals surface area contributed by atoms with E-state index in [1.165, 1.54) is 17.7 Å². The van der Waals surface area contributed by atoms with E-state index in [9.17, 15) is 0 Å². The van der Waals surface area contributed by atoms with Crippen LogP contribution < -0.4 is 10.2 Å². The number of para-hydroxylation sites is 1. The largest absolute Gasteiger partial charge is 0.383 e. The maximum absolute atomic E-state index is 5.09. The van der Waals surface area contributed by atoms with Gasteiger partial charge in [0.1, 0.15) is 0 Å². The first-order valence-electron chi connectivity index (χ1n) is 7.99. The van der Waals surface area contributed by atoms with Gasteiger partial charge in [0, 0.05) is 51.6 Å². The summed E-state index contributed by atoms with van der Waals surface area (Å²) in [5, 5.41) is 3.45. The Balaban J connectivity index is 2.01. The van der Waals surface area contributed by atoms with Crippen LogP contribution in [0.1, 0.15) is 18.9 Å². The molecule has 4 heteroatoms. The standard InChI is InChI=1S/C17H29N3O/c1-4-16-14-20(11-10-19(16)2)17-8-6-5-7-15(17)13-18-9-12-21-3/h5-8,16,18H,4,9-14H2,1-3H3. The molecule has 0 aromatic heterocycles. The van der Waals surface area contributed by atoms with Crippen molar-refractivity contribution in [2.75, 3.05) is 51.8 Å². The molecule has 1 aromatic rings. The second-order valence-corrected chi connectivity index (χ2v) is 5.79. The zero-order valence-electron chi connectivity index (χ0n) is 13.6. The molecular formula is C17H29N3O. The van der Waals surface area contributed by atoms with Crippen molar-refractivity contribution < 1.29 is 4.74 Å². The lowest BCUT2D eigenvalue weighted by atomic mass is 10.1. The van der Waals surface area contributed by atoms with Crippen molar-refractivity contribution in [1.29, 1.82) is 0 Å². The summed E-state index contributed by atoms with van der Waals surface area (Å²) >= 11 is 0. The molecule has 2 rings (SSSR count). The fourth-order valence-electron chi connectivity index (χ4n) is 2.97. The molecule has 21 heavy (non-hydrogen) atoms. The Kier molecular flexibility index (Phi) is 6.49. The second-order valence-electron chi connectivity index (χ2n) is 5.79. The second kappa shape index (κ2) is 8.37. The van der Waals surface area contributed by atoms with Crippen molar-refractivity contribution in [3.63, 3.8) is 0 Å². The van der Waals surface area contributed by atoms with E-state index < -0.39 is 0 Å². The summed E-state index contributed by atoms with van der Waals surface area (Å²) in [4.78, 5) is 5.03. The zero-order chi connectivity index (χ0) is 15.1. The maximum atomic E-state index is 5.09. The van der Waals surface area contributed by atoms with Crippen LogP contribution in [0.25, 0.3) is 0 Å². The summed E-state index contributed by atoms with van der Waals surface area (Å²) in [6.45, 7) is 8.22. The van der Waals surface area contributed by atoms with Gasteiger partial charge in [-0.3, -0.25) is 4.90 Å². The molecule has 118 valence electrons. The molecule has 0 saturated carbocycles. The highest BCUT2D eigenvalue weighted by Crippen LogP contribution is 2.23. The molecule has 0 spiro atoms. The fraction of sp³-hybridized carbons (Fsp3) is 0.647. The van der Waals surface area contributed by atoms with Crippen molar-refractivity contribution >= 4 is 5.69 Å². The third-order valence-electron chi connectivity index (χ3n) is 4.38. The number of hydrogen-bond donors (Lipinski definition) is 1. The maximum Gasteiger partial charge on any atom is 0.0587 e. The van der Waals surface area contributed by atoms with Gasteiger partial charge in [0.05, 0.1) is 6.61 Å². The minimum atomic E-state index is 0.660. The van der Waals surface area contributed by atoms with Gasteiger partial charge in [0.25, 0.3) is 0 Å². The Morgan fingerprint density at radius 3 is 2.86 bits per heavy atom. The first-order chi connectivity index (χ1) is 10.3. The number of likely N-dealkylation sites (N-methyl/N-ethyl adjacent to an activating group) is 1. The van der Waals surface area contributed by atoms with Gasteiger partial charge >= 0.3 is 0 Å².